The number of carbonyl (C=O) groups is 2. The van der Waals surface area contributed by atoms with Gasteiger partial charge >= 0.3 is 19.8 Å². The number of hydrogen-bond acceptors (Lipinski definition) is 8. The second-order valence-electron chi connectivity index (χ2n) is 11.5. The number of carbonyl (C=O) groups excluding carboxylic acids is 2. The van der Waals surface area contributed by atoms with Gasteiger partial charge in [0, 0.05) is 27.1 Å². The van der Waals surface area contributed by atoms with Gasteiger partial charge in [0.25, 0.3) is 0 Å². The van der Waals surface area contributed by atoms with Crippen molar-refractivity contribution in [2.75, 3.05) is 27.4 Å². The van der Waals surface area contributed by atoms with Crippen LogP contribution in [0.3, 0.4) is 0 Å². The summed E-state index contributed by atoms with van der Waals surface area (Å²) >= 11 is 0. The van der Waals surface area contributed by atoms with E-state index in [0.29, 0.717) is 6.42 Å². The fourth-order valence-corrected chi connectivity index (χ4v) is 5.55. The van der Waals surface area contributed by atoms with Gasteiger partial charge in [0.2, 0.25) is 0 Å². The van der Waals surface area contributed by atoms with Crippen LogP contribution < -0.4 is 0 Å². The first-order chi connectivity index (χ1) is 20.4. The first-order valence-electron chi connectivity index (χ1n) is 17.1. The second kappa shape index (κ2) is 30.1. The van der Waals surface area contributed by atoms with Crippen molar-refractivity contribution in [3.05, 3.63) is 0 Å². The molecule has 0 aliphatic carbocycles. The molecule has 1 atom stereocenters. The number of rotatable bonds is 32. The zero-order valence-corrected chi connectivity index (χ0v) is 28.6. The van der Waals surface area contributed by atoms with Gasteiger partial charge in [0.15, 0.2) is 6.10 Å². The standard InChI is InChI=1S/C33H65O8P/c1-5-7-9-11-13-15-17-19-21-23-25-27-32(34)39-29-31(30-40-42(36,37-3)38-4)41-33(35)28-26-24-22-20-18-16-14-12-10-8-6-2/h31H,5-30H2,1-4H3/t31-/m1/s1. The zero-order valence-electron chi connectivity index (χ0n) is 27.7. The number of ether oxygens (including phenoxy) is 2. The van der Waals surface area contributed by atoms with Crippen molar-refractivity contribution in [3.63, 3.8) is 0 Å². The zero-order chi connectivity index (χ0) is 31.2. The van der Waals surface area contributed by atoms with Gasteiger partial charge in [0.1, 0.15) is 6.61 Å². The lowest BCUT2D eigenvalue weighted by Crippen LogP contribution is -2.29. The Morgan fingerprint density at radius 1 is 0.524 bits per heavy atom. The Hall–Kier alpha value is -0.950. The van der Waals surface area contributed by atoms with Gasteiger partial charge in [-0.1, -0.05) is 142 Å². The molecular weight excluding hydrogens is 555 g/mol. The molecule has 0 aromatic carbocycles. The second-order valence-corrected chi connectivity index (χ2v) is 13.4. The summed E-state index contributed by atoms with van der Waals surface area (Å²) in [6, 6.07) is 0. The molecule has 0 fully saturated rings. The van der Waals surface area contributed by atoms with Crippen molar-refractivity contribution in [2.24, 2.45) is 0 Å². The van der Waals surface area contributed by atoms with Gasteiger partial charge in [-0.3, -0.25) is 23.2 Å². The van der Waals surface area contributed by atoms with E-state index in [-0.39, 0.29) is 31.6 Å². The number of hydrogen-bond donors (Lipinski definition) is 0. The van der Waals surface area contributed by atoms with E-state index in [1.54, 1.807) is 0 Å². The molecule has 0 saturated heterocycles. The van der Waals surface area contributed by atoms with Crippen LogP contribution >= 0.6 is 7.82 Å². The molecule has 0 radical (unpaired) electrons. The van der Waals surface area contributed by atoms with Gasteiger partial charge in [-0.25, -0.2) is 4.57 Å². The Labute approximate surface area is 258 Å². The monoisotopic (exact) mass is 620 g/mol. The van der Waals surface area contributed by atoms with Crippen LogP contribution in [0, 0.1) is 0 Å². The highest BCUT2D eigenvalue weighted by Gasteiger charge is 2.27. The Kier molecular flexibility index (Phi) is 29.4. The third-order valence-corrected chi connectivity index (χ3v) is 8.92. The molecule has 0 amide bonds. The minimum atomic E-state index is -3.75. The molecule has 0 aromatic heterocycles. The van der Waals surface area contributed by atoms with Crippen molar-refractivity contribution in [1.29, 1.82) is 0 Å². The van der Waals surface area contributed by atoms with Crippen molar-refractivity contribution >= 4 is 19.8 Å². The number of unbranched alkanes of at least 4 members (excludes halogenated alkanes) is 20. The van der Waals surface area contributed by atoms with Gasteiger partial charge in [-0.15, -0.1) is 0 Å². The summed E-state index contributed by atoms with van der Waals surface area (Å²) in [6.07, 6.45) is 26.2. The van der Waals surface area contributed by atoms with Crippen LogP contribution in [0.25, 0.3) is 0 Å². The van der Waals surface area contributed by atoms with Gasteiger partial charge < -0.3 is 9.47 Å². The van der Waals surface area contributed by atoms with Crippen LogP contribution in [0.2, 0.25) is 0 Å². The molecule has 8 nitrogen and oxygen atoms in total. The van der Waals surface area contributed by atoms with E-state index in [2.05, 4.69) is 13.8 Å². The van der Waals surface area contributed by atoms with Crippen LogP contribution in [-0.4, -0.2) is 45.5 Å². The van der Waals surface area contributed by atoms with Crippen LogP contribution in [0.15, 0.2) is 0 Å². The van der Waals surface area contributed by atoms with E-state index in [9.17, 15) is 14.2 Å². The molecule has 250 valence electrons. The molecule has 0 N–H and O–H groups in total. The predicted octanol–water partition coefficient (Wildman–Crippen LogP) is 10.3. The lowest BCUT2D eigenvalue weighted by molar-refractivity contribution is -0.161. The molecule has 0 aromatic rings. The summed E-state index contributed by atoms with van der Waals surface area (Å²) in [5, 5.41) is 0. The smallest absolute Gasteiger partial charge is 0.462 e. The van der Waals surface area contributed by atoms with Crippen molar-refractivity contribution in [1.82, 2.24) is 0 Å². The fourth-order valence-electron chi connectivity index (χ4n) is 4.84. The van der Waals surface area contributed by atoms with Crippen molar-refractivity contribution in [2.45, 2.75) is 174 Å². The molecule has 42 heavy (non-hydrogen) atoms. The first-order valence-corrected chi connectivity index (χ1v) is 18.6. The molecule has 0 spiro atoms. The summed E-state index contributed by atoms with van der Waals surface area (Å²) in [5.74, 6) is -0.718. The number of esters is 2. The summed E-state index contributed by atoms with van der Waals surface area (Å²) < 4.78 is 38.0. The lowest BCUT2D eigenvalue weighted by atomic mass is 10.1. The average molecular weight is 621 g/mol. The molecular formula is C33H65O8P. The minimum Gasteiger partial charge on any atom is -0.462 e. The Bertz CT molecular complexity index is 664. The van der Waals surface area contributed by atoms with Crippen molar-refractivity contribution < 1.29 is 37.2 Å². The maximum absolute atomic E-state index is 12.5. The Morgan fingerprint density at radius 3 is 1.26 bits per heavy atom. The van der Waals surface area contributed by atoms with E-state index in [4.69, 9.17) is 23.0 Å². The molecule has 0 heterocycles. The lowest BCUT2D eigenvalue weighted by Gasteiger charge is -2.20. The average Bonchev–Trinajstić information content (AvgIpc) is 2.99. The molecule has 0 bridgehead atoms. The summed E-state index contributed by atoms with van der Waals surface area (Å²) in [5.41, 5.74) is 0. The first kappa shape index (κ1) is 41.0. The maximum atomic E-state index is 12.5. The quantitative estimate of drug-likeness (QED) is 0.0416. The molecule has 9 heteroatoms. The summed E-state index contributed by atoms with van der Waals surface area (Å²) in [6.45, 7) is 4.06. The summed E-state index contributed by atoms with van der Waals surface area (Å²) in [4.78, 5) is 24.7. The van der Waals surface area contributed by atoms with Crippen LogP contribution in [0.4, 0.5) is 0 Å². The maximum Gasteiger partial charge on any atom is 0.474 e. The van der Waals surface area contributed by atoms with Crippen LogP contribution in [-0.2, 0) is 37.2 Å². The Balaban J connectivity index is 4.20. The van der Waals surface area contributed by atoms with E-state index in [0.717, 1.165) is 38.5 Å². The third-order valence-electron chi connectivity index (χ3n) is 7.56. The SMILES string of the molecule is CCCCCCCCCCCCCC(=O)OC[C@H](COP(=O)(OC)OC)OC(=O)CCCCCCCCCCCCC. The number of phosphoric ester groups is 1. The van der Waals surface area contributed by atoms with E-state index < -0.39 is 13.9 Å². The van der Waals surface area contributed by atoms with Crippen LogP contribution in [0.1, 0.15) is 168 Å². The topological polar surface area (TPSA) is 97.4 Å². The largest absolute Gasteiger partial charge is 0.474 e. The molecule has 0 saturated carbocycles. The number of phosphoric acid groups is 1. The predicted molar refractivity (Wildman–Crippen MR) is 171 cm³/mol. The van der Waals surface area contributed by atoms with Gasteiger partial charge in [-0.2, -0.15) is 0 Å². The van der Waals surface area contributed by atoms with Crippen LogP contribution in [0.5, 0.6) is 0 Å². The fraction of sp³-hybridized carbons (Fsp3) is 0.939. The third kappa shape index (κ3) is 26.7. The normalized spacial score (nSPS) is 12.4. The highest BCUT2D eigenvalue weighted by molar-refractivity contribution is 7.48. The van der Waals surface area contributed by atoms with E-state index in [1.807, 2.05) is 0 Å². The molecule has 0 aliphatic rings. The van der Waals surface area contributed by atoms with Crippen molar-refractivity contribution in [3.8, 4) is 0 Å². The molecule has 0 rings (SSSR count). The minimum absolute atomic E-state index is 0.158. The van der Waals surface area contributed by atoms with E-state index >= 15 is 0 Å². The summed E-state index contributed by atoms with van der Waals surface area (Å²) in [7, 11) is -1.32. The van der Waals surface area contributed by atoms with Gasteiger partial charge in [0.05, 0.1) is 6.61 Å². The van der Waals surface area contributed by atoms with Gasteiger partial charge in [-0.05, 0) is 12.8 Å². The Morgan fingerprint density at radius 2 is 0.881 bits per heavy atom. The highest BCUT2D eigenvalue weighted by Crippen LogP contribution is 2.47. The molecule has 0 aliphatic heterocycles. The van der Waals surface area contributed by atoms with E-state index in [1.165, 1.54) is 117 Å². The highest BCUT2D eigenvalue weighted by atomic mass is 31.2. The molecule has 0 unspecified atom stereocenters.